The number of aromatic nitrogens is 5. The van der Waals surface area contributed by atoms with E-state index in [9.17, 15) is 4.79 Å². The maximum atomic E-state index is 12.5. The zero-order valence-corrected chi connectivity index (χ0v) is 22.3. The van der Waals surface area contributed by atoms with Crippen LogP contribution in [-0.2, 0) is 16.5 Å². The predicted molar refractivity (Wildman–Crippen MR) is 146 cm³/mol. The van der Waals surface area contributed by atoms with Gasteiger partial charge in [-0.3, -0.25) is 4.98 Å². The number of carbonyl (C=O) groups excluding carboxylic acids is 1. The van der Waals surface area contributed by atoms with Gasteiger partial charge in [-0.1, -0.05) is 47.1 Å². The third kappa shape index (κ3) is 4.04. The highest BCUT2D eigenvalue weighted by molar-refractivity contribution is 6.38. The number of methoxy groups -OCH3 is 1. The van der Waals surface area contributed by atoms with Crippen molar-refractivity contribution in [1.82, 2.24) is 24.5 Å². The van der Waals surface area contributed by atoms with Crippen molar-refractivity contribution in [2.45, 2.75) is 25.8 Å². The first-order chi connectivity index (χ1) is 18.5. The van der Waals surface area contributed by atoms with Gasteiger partial charge in [0.05, 0.1) is 51.7 Å². The highest BCUT2D eigenvalue weighted by atomic mass is 35.5. The van der Waals surface area contributed by atoms with Gasteiger partial charge >= 0.3 is 5.97 Å². The van der Waals surface area contributed by atoms with Gasteiger partial charge in [-0.05, 0) is 49.4 Å². The number of fused-ring (bicyclic) bond motifs is 3. The fourth-order valence-corrected chi connectivity index (χ4v) is 6.12. The molecule has 194 valence electrons. The second-order valence-electron chi connectivity index (χ2n) is 9.76. The van der Waals surface area contributed by atoms with E-state index in [1.807, 2.05) is 32.2 Å². The zero-order chi connectivity index (χ0) is 26.4. The molecule has 0 saturated carbocycles. The Balaban J connectivity index is 1.72. The van der Waals surface area contributed by atoms with E-state index in [4.69, 9.17) is 26.1 Å². The van der Waals surface area contributed by atoms with Crippen LogP contribution >= 0.6 is 11.6 Å². The molecule has 0 N–H and O–H groups in total. The van der Waals surface area contributed by atoms with Crippen LogP contribution in [-0.4, -0.2) is 50.8 Å². The fourth-order valence-electron chi connectivity index (χ4n) is 5.81. The van der Waals surface area contributed by atoms with Gasteiger partial charge in [0, 0.05) is 37.4 Å². The van der Waals surface area contributed by atoms with Gasteiger partial charge < -0.3 is 14.0 Å². The monoisotopic (exact) mass is 529 g/mol. The Morgan fingerprint density at radius 1 is 1.13 bits per heavy atom. The summed E-state index contributed by atoms with van der Waals surface area (Å²) in [7, 11) is 3.26. The van der Waals surface area contributed by atoms with E-state index in [-0.39, 0.29) is 6.04 Å². The third-order valence-electron chi connectivity index (χ3n) is 7.51. The van der Waals surface area contributed by atoms with Crippen molar-refractivity contribution in [3.8, 4) is 11.3 Å². The van der Waals surface area contributed by atoms with Crippen molar-refractivity contribution >= 4 is 39.5 Å². The molecule has 6 rings (SSSR count). The molecule has 9 heteroatoms. The van der Waals surface area contributed by atoms with E-state index in [0.717, 1.165) is 51.7 Å². The highest BCUT2D eigenvalue weighted by Crippen LogP contribution is 2.43. The van der Waals surface area contributed by atoms with Crippen LogP contribution in [0.4, 0.5) is 0 Å². The average Bonchev–Trinajstić information content (AvgIpc) is 3.45. The molecule has 5 aromatic rings. The number of hydrogen-bond acceptors (Lipinski definition) is 6. The molecule has 0 unspecified atom stereocenters. The van der Waals surface area contributed by atoms with Crippen molar-refractivity contribution in [2.24, 2.45) is 13.0 Å². The summed E-state index contributed by atoms with van der Waals surface area (Å²) in [6, 6.07) is 16.4. The summed E-state index contributed by atoms with van der Waals surface area (Å²) in [4.78, 5) is 17.3. The number of rotatable bonds is 5. The molecular formula is C29H28ClN5O3. The lowest BCUT2D eigenvalue weighted by Gasteiger charge is -2.33. The number of esters is 1. The Bertz CT molecular complexity index is 1630. The number of nitrogens with zero attached hydrogens (tertiary/aromatic N) is 5. The number of carbonyl (C=O) groups is 1. The van der Waals surface area contributed by atoms with E-state index >= 15 is 0 Å². The Kier molecular flexibility index (Phi) is 6.37. The standard InChI is InChI=1S/C29H28ClN5O3/c1-17-27(34(2)33-32-17)20-13-22(30)25-23(14-20)35(24-15-21(29(36)37-3)16-31-26(24)25)28(18-7-5-4-6-8-18)19-9-11-38-12-10-19/h4-8,13-16,19,28H,9-12H2,1-3H3/t28-/m1/s1. The Hall–Kier alpha value is -3.75. The number of halogens is 1. The molecule has 3 aromatic heterocycles. The minimum absolute atomic E-state index is 0.0214. The van der Waals surface area contributed by atoms with Crippen molar-refractivity contribution in [3.05, 3.63) is 76.6 Å². The molecule has 1 fully saturated rings. The first-order valence-corrected chi connectivity index (χ1v) is 13.1. The second kappa shape index (κ2) is 9.85. The van der Waals surface area contributed by atoms with Gasteiger partial charge in [-0.15, -0.1) is 5.10 Å². The van der Waals surface area contributed by atoms with Crippen LogP contribution < -0.4 is 0 Å². The molecule has 38 heavy (non-hydrogen) atoms. The summed E-state index contributed by atoms with van der Waals surface area (Å²) < 4.78 is 14.8. The van der Waals surface area contributed by atoms with E-state index in [1.165, 1.54) is 12.7 Å². The van der Waals surface area contributed by atoms with Gasteiger partial charge in [-0.2, -0.15) is 0 Å². The molecule has 1 atom stereocenters. The van der Waals surface area contributed by atoms with Crippen LogP contribution in [0, 0.1) is 12.8 Å². The Morgan fingerprint density at radius 3 is 2.58 bits per heavy atom. The van der Waals surface area contributed by atoms with E-state index in [1.54, 1.807) is 10.9 Å². The van der Waals surface area contributed by atoms with Crippen LogP contribution in [0.25, 0.3) is 33.2 Å². The predicted octanol–water partition coefficient (Wildman–Crippen LogP) is 5.75. The van der Waals surface area contributed by atoms with Crippen LogP contribution in [0.15, 0.2) is 54.7 Å². The average molecular weight is 530 g/mol. The first kappa shape index (κ1) is 24.6. The largest absolute Gasteiger partial charge is 0.465 e. The van der Waals surface area contributed by atoms with Crippen LogP contribution in [0.2, 0.25) is 5.02 Å². The molecule has 0 amide bonds. The molecule has 0 aliphatic carbocycles. The van der Waals surface area contributed by atoms with Crippen molar-refractivity contribution in [1.29, 1.82) is 0 Å². The summed E-state index contributed by atoms with van der Waals surface area (Å²) in [6.45, 7) is 3.36. The number of pyridine rings is 1. The molecular weight excluding hydrogens is 502 g/mol. The fraction of sp³-hybridized carbons (Fsp3) is 0.310. The van der Waals surface area contributed by atoms with Gasteiger partial charge in [0.15, 0.2) is 0 Å². The van der Waals surface area contributed by atoms with E-state index in [0.29, 0.717) is 29.7 Å². The summed E-state index contributed by atoms with van der Waals surface area (Å²) >= 11 is 7.03. The molecule has 0 bridgehead atoms. The molecule has 0 radical (unpaired) electrons. The van der Waals surface area contributed by atoms with Crippen molar-refractivity contribution in [2.75, 3.05) is 20.3 Å². The molecule has 1 saturated heterocycles. The Labute approximate surface area is 225 Å². The maximum absolute atomic E-state index is 12.5. The number of aryl methyl sites for hydroxylation is 2. The molecule has 2 aromatic carbocycles. The third-order valence-corrected chi connectivity index (χ3v) is 7.81. The summed E-state index contributed by atoms with van der Waals surface area (Å²) in [5.41, 5.74) is 6.74. The molecule has 4 heterocycles. The first-order valence-electron chi connectivity index (χ1n) is 12.7. The van der Waals surface area contributed by atoms with Gasteiger partial charge in [-0.25, -0.2) is 9.48 Å². The molecule has 1 aliphatic rings. The van der Waals surface area contributed by atoms with Gasteiger partial charge in [0.1, 0.15) is 0 Å². The van der Waals surface area contributed by atoms with Crippen LogP contribution in [0.5, 0.6) is 0 Å². The lowest BCUT2D eigenvalue weighted by molar-refractivity contribution is 0.0553. The molecule has 0 spiro atoms. The zero-order valence-electron chi connectivity index (χ0n) is 21.5. The van der Waals surface area contributed by atoms with Crippen LogP contribution in [0.1, 0.15) is 40.5 Å². The topological polar surface area (TPSA) is 84.1 Å². The van der Waals surface area contributed by atoms with Gasteiger partial charge in [0.25, 0.3) is 0 Å². The van der Waals surface area contributed by atoms with Crippen LogP contribution in [0.3, 0.4) is 0 Å². The summed E-state index contributed by atoms with van der Waals surface area (Å²) in [5, 5.41) is 9.88. The number of benzene rings is 2. The SMILES string of the molecule is COC(=O)c1cnc2c3c(Cl)cc(-c4c(C)nnn4C)cc3n([C@H](c3ccccc3)C3CCOCC3)c2c1. The summed E-state index contributed by atoms with van der Waals surface area (Å²) in [6.07, 6.45) is 3.40. The van der Waals surface area contributed by atoms with E-state index in [2.05, 4.69) is 45.2 Å². The quantitative estimate of drug-likeness (QED) is 0.270. The lowest BCUT2D eigenvalue weighted by Crippen LogP contribution is -2.27. The molecule has 1 aliphatic heterocycles. The van der Waals surface area contributed by atoms with Crippen molar-refractivity contribution in [3.63, 3.8) is 0 Å². The smallest absolute Gasteiger partial charge is 0.339 e. The Morgan fingerprint density at radius 2 is 1.89 bits per heavy atom. The summed E-state index contributed by atoms with van der Waals surface area (Å²) in [5.74, 6) is -0.115. The number of ether oxygens (including phenoxy) is 2. The minimum atomic E-state index is -0.429. The number of hydrogen-bond donors (Lipinski definition) is 0. The normalized spacial score (nSPS) is 15.3. The maximum Gasteiger partial charge on any atom is 0.339 e. The minimum Gasteiger partial charge on any atom is -0.465 e. The molecule has 8 nitrogen and oxygen atoms in total. The van der Waals surface area contributed by atoms with E-state index < -0.39 is 5.97 Å². The van der Waals surface area contributed by atoms with Gasteiger partial charge in [0.2, 0.25) is 0 Å². The second-order valence-corrected chi connectivity index (χ2v) is 10.2. The highest BCUT2D eigenvalue weighted by Gasteiger charge is 2.31. The van der Waals surface area contributed by atoms with Crippen molar-refractivity contribution < 1.29 is 14.3 Å². The lowest BCUT2D eigenvalue weighted by atomic mass is 9.86.